The first-order valence-electron chi connectivity index (χ1n) is 4.84. The smallest absolute Gasteiger partial charge is 0.145 e. The van der Waals surface area contributed by atoms with Gasteiger partial charge in [0.25, 0.3) is 0 Å². The topological polar surface area (TPSA) is 56.3 Å². The summed E-state index contributed by atoms with van der Waals surface area (Å²) in [5.41, 5.74) is 6.77. The Kier molecular flexibility index (Phi) is 2.69. The second-order valence-corrected chi connectivity index (χ2v) is 3.57. The highest BCUT2D eigenvalue weighted by atomic mass is 16.5. The van der Waals surface area contributed by atoms with Crippen molar-refractivity contribution in [2.24, 2.45) is 7.05 Å². The van der Waals surface area contributed by atoms with Gasteiger partial charge in [-0.15, -0.1) is 0 Å². The van der Waals surface area contributed by atoms with Crippen molar-refractivity contribution in [3.05, 3.63) is 11.8 Å². The molecule has 1 aliphatic rings. The maximum Gasteiger partial charge on any atom is 0.145 e. The summed E-state index contributed by atoms with van der Waals surface area (Å²) in [5.74, 6) is 0.593. The lowest BCUT2D eigenvalue weighted by molar-refractivity contribution is 0.0331. The van der Waals surface area contributed by atoms with E-state index in [1.165, 1.54) is 0 Å². The van der Waals surface area contributed by atoms with Gasteiger partial charge >= 0.3 is 0 Å². The summed E-state index contributed by atoms with van der Waals surface area (Å²) in [6, 6.07) is 1.93. The average molecular weight is 196 g/mol. The highest BCUT2D eigenvalue weighted by Gasteiger charge is 2.12. The third-order valence-corrected chi connectivity index (χ3v) is 2.48. The molecule has 2 rings (SSSR count). The van der Waals surface area contributed by atoms with Gasteiger partial charge in [0.15, 0.2) is 0 Å². The molecule has 1 aromatic rings. The van der Waals surface area contributed by atoms with Crippen LogP contribution in [0.15, 0.2) is 6.07 Å². The number of hydrogen-bond donors (Lipinski definition) is 1. The van der Waals surface area contributed by atoms with Gasteiger partial charge in [-0.1, -0.05) is 0 Å². The van der Waals surface area contributed by atoms with E-state index in [1.54, 1.807) is 0 Å². The number of hydrogen-bond acceptors (Lipinski definition) is 4. The molecule has 0 amide bonds. The molecule has 2 N–H and O–H groups in total. The number of anilines is 1. The van der Waals surface area contributed by atoms with Crippen LogP contribution in [0.5, 0.6) is 0 Å². The third-order valence-electron chi connectivity index (χ3n) is 2.48. The number of aromatic nitrogens is 2. The molecule has 0 aromatic carbocycles. The van der Waals surface area contributed by atoms with Crippen molar-refractivity contribution in [2.45, 2.75) is 6.54 Å². The molecule has 1 saturated heterocycles. The molecule has 0 spiro atoms. The predicted octanol–water partition coefficient (Wildman–Crippen LogP) is -0.165. The fraction of sp³-hybridized carbons (Fsp3) is 0.667. The van der Waals surface area contributed by atoms with Gasteiger partial charge < -0.3 is 10.5 Å². The van der Waals surface area contributed by atoms with Gasteiger partial charge in [-0.2, -0.15) is 5.10 Å². The molecule has 0 radical (unpaired) electrons. The zero-order valence-corrected chi connectivity index (χ0v) is 8.44. The molecule has 0 bridgehead atoms. The van der Waals surface area contributed by atoms with Crippen molar-refractivity contribution < 1.29 is 4.74 Å². The molecular formula is C9H16N4O. The standard InChI is InChI=1S/C9H16N4O/c1-12-8(6-9(10)11-12)7-13-2-4-14-5-3-13/h6H,2-5,7H2,1H3,(H2,10,11). The number of ether oxygens (including phenoxy) is 1. The minimum atomic E-state index is 0.593. The molecule has 5 heteroatoms. The average Bonchev–Trinajstić information content (AvgIpc) is 2.47. The Morgan fingerprint density at radius 1 is 1.50 bits per heavy atom. The van der Waals surface area contributed by atoms with Gasteiger partial charge in [-0.25, -0.2) is 0 Å². The zero-order chi connectivity index (χ0) is 9.97. The quantitative estimate of drug-likeness (QED) is 0.713. The van der Waals surface area contributed by atoms with Crippen LogP contribution in [0, 0.1) is 0 Å². The van der Waals surface area contributed by atoms with E-state index in [9.17, 15) is 0 Å². The van der Waals surface area contributed by atoms with E-state index in [1.807, 2.05) is 17.8 Å². The SMILES string of the molecule is Cn1nc(N)cc1CN1CCOCC1. The van der Waals surface area contributed by atoms with Crippen molar-refractivity contribution in [1.29, 1.82) is 0 Å². The van der Waals surface area contributed by atoms with Crippen molar-refractivity contribution in [3.63, 3.8) is 0 Å². The van der Waals surface area contributed by atoms with Gasteiger partial charge in [0, 0.05) is 32.7 Å². The third kappa shape index (κ3) is 2.05. The van der Waals surface area contributed by atoms with Gasteiger partial charge in [-0.3, -0.25) is 9.58 Å². The zero-order valence-electron chi connectivity index (χ0n) is 8.44. The number of aryl methyl sites for hydroxylation is 1. The summed E-state index contributed by atoms with van der Waals surface area (Å²) in [4.78, 5) is 2.35. The summed E-state index contributed by atoms with van der Waals surface area (Å²) in [5, 5.41) is 4.11. The van der Waals surface area contributed by atoms with Crippen molar-refractivity contribution in [1.82, 2.24) is 14.7 Å². The number of nitrogen functional groups attached to an aromatic ring is 1. The lowest BCUT2D eigenvalue weighted by Crippen LogP contribution is -2.36. The normalized spacial score (nSPS) is 18.6. The van der Waals surface area contributed by atoms with Crippen molar-refractivity contribution in [3.8, 4) is 0 Å². The highest BCUT2D eigenvalue weighted by molar-refractivity contribution is 5.29. The first kappa shape index (κ1) is 9.48. The maximum absolute atomic E-state index is 5.61. The number of nitrogens with two attached hydrogens (primary N) is 1. The van der Waals surface area contributed by atoms with E-state index in [0.717, 1.165) is 38.5 Å². The van der Waals surface area contributed by atoms with Crippen molar-refractivity contribution in [2.75, 3.05) is 32.0 Å². The first-order chi connectivity index (χ1) is 6.75. The maximum atomic E-state index is 5.61. The second-order valence-electron chi connectivity index (χ2n) is 3.57. The predicted molar refractivity (Wildman–Crippen MR) is 53.7 cm³/mol. The molecule has 0 unspecified atom stereocenters. The van der Waals surface area contributed by atoms with Crippen LogP contribution in [0.3, 0.4) is 0 Å². The van der Waals surface area contributed by atoms with E-state index in [4.69, 9.17) is 10.5 Å². The van der Waals surface area contributed by atoms with Crippen LogP contribution in [-0.2, 0) is 18.3 Å². The summed E-state index contributed by atoms with van der Waals surface area (Å²) in [6.07, 6.45) is 0. The molecule has 1 fully saturated rings. The van der Waals surface area contributed by atoms with Gasteiger partial charge in [0.1, 0.15) is 5.82 Å². The van der Waals surface area contributed by atoms with Crippen LogP contribution in [0.25, 0.3) is 0 Å². The van der Waals surface area contributed by atoms with Crippen LogP contribution >= 0.6 is 0 Å². The number of rotatable bonds is 2. The van der Waals surface area contributed by atoms with E-state index >= 15 is 0 Å². The van der Waals surface area contributed by atoms with Crippen molar-refractivity contribution >= 4 is 5.82 Å². The molecule has 14 heavy (non-hydrogen) atoms. The van der Waals surface area contributed by atoms with E-state index in [0.29, 0.717) is 5.82 Å². The first-order valence-corrected chi connectivity index (χ1v) is 4.84. The molecule has 78 valence electrons. The summed E-state index contributed by atoms with van der Waals surface area (Å²) in [7, 11) is 1.92. The molecule has 1 aliphatic heterocycles. The van der Waals surface area contributed by atoms with Gasteiger partial charge in [-0.05, 0) is 0 Å². The Morgan fingerprint density at radius 3 is 2.79 bits per heavy atom. The van der Waals surface area contributed by atoms with Crippen LogP contribution in [0.1, 0.15) is 5.69 Å². The summed E-state index contributed by atoms with van der Waals surface area (Å²) >= 11 is 0. The van der Waals surface area contributed by atoms with Crippen LogP contribution in [0.2, 0.25) is 0 Å². The molecule has 1 aromatic heterocycles. The Morgan fingerprint density at radius 2 is 2.21 bits per heavy atom. The van der Waals surface area contributed by atoms with Gasteiger partial charge in [0.05, 0.1) is 18.9 Å². The number of morpholine rings is 1. The summed E-state index contributed by atoms with van der Waals surface area (Å²) in [6.45, 7) is 4.54. The second kappa shape index (κ2) is 3.98. The molecule has 0 aliphatic carbocycles. The van der Waals surface area contributed by atoms with E-state index in [2.05, 4.69) is 10.00 Å². The largest absolute Gasteiger partial charge is 0.382 e. The van der Waals surface area contributed by atoms with Crippen LogP contribution in [0.4, 0.5) is 5.82 Å². The van der Waals surface area contributed by atoms with E-state index in [-0.39, 0.29) is 0 Å². The Hall–Kier alpha value is -1.07. The van der Waals surface area contributed by atoms with Crippen LogP contribution < -0.4 is 5.73 Å². The monoisotopic (exact) mass is 196 g/mol. The van der Waals surface area contributed by atoms with E-state index < -0.39 is 0 Å². The number of nitrogens with zero attached hydrogens (tertiary/aromatic N) is 3. The fourth-order valence-corrected chi connectivity index (χ4v) is 1.67. The lowest BCUT2D eigenvalue weighted by atomic mass is 10.3. The molecule has 0 atom stereocenters. The van der Waals surface area contributed by atoms with Crippen LogP contribution in [-0.4, -0.2) is 41.0 Å². The summed E-state index contributed by atoms with van der Waals surface area (Å²) < 4.78 is 7.12. The minimum Gasteiger partial charge on any atom is -0.382 e. The molecular weight excluding hydrogens is 180 g/mol. The fourth-order valence-electron chi connectivity index (χ4n) is 1.67. The Balaban J connectivity index is 1.98. The Bertz CT molecular complexity index is 304. The minimum absolute atomic E-state index is 0.593. The van der Waals surface area contributed by atoms with Gasteiger partial charge in [0.2, 0.25) is 0 Å². The lowest BCUT2D eigenvalue weighted by Gasteiger charge is -2.26. The molecule has 2 heterocycles. The Labute approximate surface area is 83.4 Å². The molecule has 5 nitrogen and oxygen atoms in total. The molecule has 0 saturated carbocycles. The highest BCUT2D eigenvalue weighted by Crippen LogP contribution is 2.09.